The minimum Gasteiger partial charge on any atom is -0.376 e. The highest BCUT2D eigenvalue weighted by Crippen LogP contribution is 2.33. The molecule has 0 aromatic heterocycles. The van der Waals surface area contributed by atoms with E-state index in [2.05, 4.69) is 30.5 Å². The molecular weight excluding hydrogens is 419 g/mol. The van der Waals surface area contributed by atoms with Crippen LogP contribution in [0.15, 0.2) is 24.3 Å². The molecule has 0 unspecified atom stereocenters. The number of nitrogens with one attached hydrogen (secondary N) is 2. The molecule has 0 aliphatic carbocycles. The van der Waals surface area contributed by atoms with Crippen LogP contribution in [0.1, 0.15) is 36.1 Å². The Balaban J connectivity index is 2.46. The molecule has 0 amide bonds. The number of hydrogen-bond donors (Lipinski definition) is 4. The van der Waals surface area contributed by atoms with Gasteiger partial charge in [-0.25, -0.2) is 0 Å². The van der Waals surface area contributed by atoms with Gasteiger partial charge in [-0.1, -0.05) is 49.2 Å². The molecule has 144 valence electrons. The first-order valence-corrected chi connectivity index (χ1v) is 10.1. The van der Waals surface area contributed by atoms with Gasteiger partial charge < -0.3 is 22.1 Å². The van der Waals surface area contributed by atoms with Gasteiger partial charge in [-0.15, -0.1) is 0 Å². The molecular formula is C19H22Cl2N4S2. The number of anilines is 2. The average molecular weight is 441 g/mol. The molecule has 0 aliphatic heterocycles. The van der Waals surface area contributed by atoms with Crippen molar-refractivity contribution in [2.75, 3.05) is 10.6 Å². The van der Waals surface area contributed by atoms with E-state index < -0.39 is 0 Å². The van der Waals surface area contributed by atoms with Gasteiger partial charge in [-0.3, -0.25) is 0 Å². The lowest BCUT2D eigenvalue weighted by Crippen LogP contribution is -2.20. The Morgan fingerprint density at radius 3 is 2.07 bits per heavy atom. The van der Waals surface area contributed by atoms with Crippen molar-refractivity contribution >= 4 is 69.2 Å². The second kappa shape index (κ2) is 9.55. The van der Waals surface area contributed by atoms with E-state index in [1.165, 1.54) is 0 Å². The number of halogens is 2. The van der Waals surface area contributed by atoms with E-state index in [1.807, 2.05) is 18.2 Å². The first-order chi connectivity index (χ1) is 12.8. The summed E-state index contributed by atoms with van der Waals surface area (Å²) in [6.07, 6.45) is 2.29. The van der Waals surface area contributed by atoms with E-state index in [4.69, 9.17) is 59.1 Å². The number of aryl methyl sites for hydroxylation is 1. The van der Waals surface area contributed by atoms with Crippen molar-refractivity contribution < 1.29 is 0 Å². The molecule has 0 aliphatic rings. The third-order valence-electron chi connectivity index (χ3n) is 4.22. The van der Waals surface area contributed by atoms with Crippen LogP contribution < -0.4 is 22.1 Å². The van der Waals surface area contributed by atoms with Gasteiger partial charge in [0.1, 0.15) is 0 Å². The topological polar surface area (TPSA) is 76.1 Å². The number of rotatable bonds is 6. The van der Waals surface area contributed by atoms with Crippen molar-refractivity contribution in [3.63, 3.8) is 0 Å². The molecule has 6 N–H and O–H groups in total. The summed E-state index contributed by atoms with van der Waals surface area (Å²) in [5, 5.41) is 7.52. The maximum atomic E-state index is 6.48. The second-order valence-electron chi connectivity index (χ2n) is 6.03. The number of nitrogens with two attached hydrogens (primary N) is 2. The maximum absolute atomic E-state index is 6.48. The molecule has 0 fully saturated rings. The molecule has 27 heavy (non-hydrogen) atoms. The zero-order valence-electron chi connectivity index (χ0n) is 15.2. The van der Waals surface area contributed by atoms with Crippen LogP contribution in [-0.2, 0) is 19.3 Å². The van der Waals surface area contributed by atoms with E-state index in [0.29, 0.717) is 16.5 Å². The van der Waals surface area contributed by atoms with Crippen LogP contribution in [0.4, 0.5) is 11.4 Å². The first-order valence-electron chi connectivity index (χ1n) is 8.51. The quantitative estimate of drug-likeness (QED) is 0.472. The molecule has 0 atom stereocenters. The summed E-state index contributed by atoms with van der Waals surface area (Å²) in [5.74, 6) is 0. The summed E-state index contributed by atoms with van der Waals surface area (Å²) in [6, 6.07) is 7.91. The molecule has 0 bridgehead atoms. The molecule has 0 heterocycles. The van der Waals surface area contributed by atoms with Crippen molar-refractivity contribution in [3.05, 3.63) is 56.6 Å². The molecule has 4 nitrogen and oxygen atoms in total. The first kappa shape index (κ1) is 21.7. The summed E-state index contributed by atoms with van der Waals surface area (Å²) in [5.41, 5.74) is 17.1. The number of thiocarbonyl (C=S) groups is 2. The summed E-state index contributed by atoms with van der Waals surface area (Å²) in [6.45, 7) is 4.13. The van der Waals surface area contributed by atoms with E-state index in [0.717, 1.165) is 46.5 Å². The lowest BCUT2D eigenvalue weighted by atomic mass is 9.95. The molecule has 0 radical (unpaired) electrons. The predicted molar refractivity (Wildman–Crippen MR) is 125 cm³/mol. The van der Waals surface area contributed by atoms with Crippen LogP contribution in [-0.4, -0.2) is 10.2 Å². The van der Waals surface area contributed by atoms with Gasteiger partial charge in [0.05, 0.1) is 21.4 Å². The van der Waals surface area contributed by atoms with Crippen molar-refractivity contribution in [1.82, 2.24) is 0 Å². The van der Waals surface area contributed by atoms with Gasteiger partial charge in [0.25, 0.3) is 0 Å². The average Bonchev–Trinajstić information content (AvgIpc) is 2.59. The molecule has 8 heteroatoms. The zero-order valence-corrected chi connectivity index (χ0v) is 18.3. The number of hydrogen-bond acceptors (Lipinski definition) is 2. The summed E-state index contributed by atoms with van der Waals surface area (Å²) >= 11 is 22.7. The van der Waals surface area contributed by atoms with Gasteiger partial charge in [-0.2, -0.15) is 0 Å². The highest BCUT2D eigenvalue weighted by atomic mass is 35.5. The third kappa shape index (κ3) is 5.45. The van der Waals surface area contributed by atoms with Crippen molar-refractivity contribution in [2.24, 2.45) is 11.5 Å². The van der Waals surface area contributed by atoms with Crippen molar-refractivity contribution in [3.8, 4) is 0 Å². The highest BCUT2D eigenvalue weighted by molar-refractivity contribution is 7.80. The van der Waals surface area contributed by atoms with E-state index in [1.54, 1.807) is 0 Å². The molecule has 0 spiro atoms. The molecule has 0 saturated carbocycles. The van der Waals surface area contributed by atoms with Gasteiger partial charge in [0.15, 0.2) is 10.2 Å². The largest absolute Gasteiger partial charge is 0.376 e. The fourth-order valence-corrected chi connectivity index (χ4v) is 3.82. The Hall–Kier alpha value is -1.60. The molecule has 2 aromatic rings. The monoisotopic (exact) mass is 440 g/mol. The fraction of sp³-hybridized carbons (Fsp3) is 0.263. The Labute approximate surface area is 180 Å². The summed E-state index contributed by atoms with van der Waals surface area (Å²) < 4.78 is 0. The van der Waals surface area contributed by atoms with Crippen LogP contribution in [0, 0.1) is 0 Å². The van der Waals surface area contributed by atoms with Crippen LogP contribution >= 0.6 is 47.6 Å². The van der Waals surface area contributed by atoms with Crippen LogP contribution in [0.2, 0.25) is 10.0 Å². The zero-order chi connectivity index (χ0) is 20.1. The Morgan fingerprint density at radius 2 is 1.52 bits per heavy atom. The molecule has 2 aromatic carbocycles. The van der Waals surface area contributed by atoms with Gasteiger partial charge in [0.2, 0.25) is 0 Å². The van der Waals surface area contributed by atoms with Crippen LogP contribution in [0.25, 0.3) is 0 Å². The minimum absolute atomic E-state index is 0.188. The van der Waals surface area contributed by atoms with Gasteiger partial charge in [-0.05, 0) is 78.1 Å². The maximum Gasteiger partial charge on any atom is 0.168 e. The summed E-state index contributed by atoms with van der Waals surface area (Å²) in [4.78, 5) is 0. The van der Waals surface area contributed by atoms with Crippen LogP contribution in [0.3, 0.4) is 0 Å². The third-order valence-corrected chi connectivity index (χ3v) is 5.03. The van der Waals surface area contributed by atoms with Crippen molar-refractivity contribution in [1.29, 1.82) is 0 Å². The SMILES string of the molecule is CCc1cc(Cc2ccc(Cl)c(NC(N)=S)c2CC)cc(Cl)c1NC(N)=S. The van der Waals surface area contributed by atoms with Crippen LogP contribution in [0.5, 0.6) is 0 Å². The standard InChI is InChI=1S/C19H22Cl2N4S2/c1-3-11-7-10(9-15(21)16(11)24-18(22)26)8-12-5-6-14(20)17(13(12)4-2)25-19(23)27/h5-7,9H,3-4,8H2,1-2H3,(H3,22,24,26)(H3,23,25,27). The lowest BCUT2D eigenvalue weighted by molar-refractivity contribution is 1.05. The fourth-order valence-electron chi connectivity index (χ4n) is 3.08. The summed E-state index contributed by atoms with van der Waals surface area (Å²) in [7, 11) is 0. The van der Waals surface area contributed by atoms with E-state index in [9.17, 15) is 0 Å². The smallest absolute Gasteiger partial charge is 0.168 e. The Morgan fingerprint density at radius 1 is 0.889 bits per heavy atom. The Bertz CT molecular complexity index is 884. The lowest BCUT2D eigenvalue weighted by Gasteiger charge is -2.18. The van der Waals surface area contributed by atoms with Crippen molar-refractivity contribution in [2.45, 2.75) is 33.1 Å². The van der Waals surface area contributed by atoms with Gasteiger partial charge >= 0.3 is 0 Å². The van der Waals surface area contributed by atoms with E-state index in [-0.39, 0.29) is 10.2 Å². The highest BCUT2D eigenvalue weighted by Gasteiger charge is 2.14. The predicted octanol–water partition coefficient (Wildman–Crippen LogP) is 5.02. The van der Waals surface area contributed by atoms with Gasteiger partial charge in [0, 0.05) is 0 Å². The second-order valence-corrected chi connectivity index (χ2v) is 7.73. The molecule has 0 saturated heterocycles. The van der Waals surface area contributed by atoms with E-state index >= 15 is 0 Å². The molecule has 2 rings (SSSR count). The minimum atomic E-state index is 0.188. The Kier molecular flexibility index (Phi) is 7.68. The normalized spacial score (nSPS) is 10.5. The number of benzene rings is 2.